The number of hydrogen-bond donors (Lipinski definition) is 2. The van der Waals surface area contributed by atoms with Gasteiger partial charge in [-0.2, -0.15) is 0 Å². The first kappa shape index (κ1) is 12.3. The minimum atomic E-state index is -0.267. The van der Waals surface area contributed by atoms with Crippen molar-refractivity contribution in [2.24, 2.45) is 0 Å². The van der Waals surface area contributed by atoms with Crippen LogP contribution in [-0.2, 0) is 4.79 Å². The van der Waals surface area contributed by atoms with Gasteiger partial charge in [0.2, 0.25) is 5.91 Å². The summed E-state index contributed by atoms with van der Waals surface area (Å²) in [5, 5.41) is 7.03. The molecule has 0 spiro atoms. The maximum atomic E-state index is 11.8. The van der Waals surface area contributed by atoms with Gasteiger partial charge in [0.25, 0.3) is 5.91 Å². The lowest BCUT2D eigenvalue weighted by Gasteiger charge is -2.06. The second-order valence-electron chi connectivity index (χ2n) is 3.59. The molecule has 2 N–H and O–H groups in total. The molecule has 0 bridgehead atoms. The van der Waals surface area contributed by atoms with E-state index in [0.29, 0.717) is 17.1 Å². The summed E-state index contributed by atoms with van der Waals surface area (Å²) in [5.41, 5.74) is 3.23. The highest BCUT2D eigenvalue weighted by Crippen LogP contribution is 2.16. The number of rotatable bonds is 3. The van der Waals surface area contributed by atoms with Gasteiger partial charge in [-0.25, -0.2) is 4.98 Å². The predicted octanol–water partition coefficient (Wildman–Crippen LogP) is 2.35. The number of nitrogens with one attached hydrogen (secondary N) is 2. The van der Waals surface area contributed by atoms with E-state index in [9.17, 15) is 9.59 Å². The molecule has 2 rings (SSSR count). The molecule has 5 nitrogen and oxygen atoms in total. The Morgan fingerprint density at radius 3 is 2.56 bits per heavy atom. The summed E-state index contributed by atoms with van der Waals surface area (Å²) in [6, 6.07) is 6.93. The number of carbonyl (C=O) groups is 2. The van der Waals surface area contributed by atoms with Crippen molar-refractivity contribution in [3.63, 3.8) is 0 Å². The average molecular weight is 261 g/mol. The van der Waals surface area contributed by atoms with Crippen LogP contribution in [0.15, 0.2) is 35.2 Å². The third kappa shape index (κ3) is 3.14. The van der Waals surface area contributed by atoms with Crippen molar-refractivity contribution in [2.45, 2.75) is 6.92 Å². The average Bonchev–Trinajstić information content (AvgIpc) is 2.81. The largest absolute Gasteiger partial charge is 0.326 e. The quantitative estimate of drug-likeness (QED) is 0.891. The Balaban J connectivity index is 2.10. The Bertz CT molecular complexity index is 566. The van der Waals surface area contributed by atoms with E-state index in [0.717, 1.165) is 0 Å². The van der Waals surface area contributed by atoms with E-state index in [1.165, 1.54) is 18.3 Å². The van der Waals surface area contributed by atoms with E-state index in [1.807, 2.05) is 0 Å². The number of nitrogens with zero attached hydrogens (tertiary/aromatic N) is 1. The van der Waals surface area contributed by atoms with Gasteiger partial charge in [-0.15, -0.1) is 11.3 Å². The fraction of sp³-hybridized carbons (Fsp3) is 0.0833. The molecule has 1 heterocycles. The molecule has 92 valence electrons. The molecular weight excluding hydrogens is 250 g/mol. The number of anilines is 2. The van der Waals surface area contributed by atoms with Gasteiger partial charge in [-0.05, 0) is 18.2 Å². The van der Waals surface area contributed by atoms with Crippen molar-refractivity contribution in [3.05, 3.63) is 40.8 Å². The normalized spacial score (nSPS) is 9.83. The van der Waals surface area contributed by atoms with Crippen LogP contribution < -0.4 is 10.6 Å². The van der Waals surface area contributed by atoms with Crippen molar-refractivity contribution in [1.82, 2.24) is 4.98 Å². The molecule has 0 unspecified atom stereocenters. The highest BCUT2D eigenvalue weighted by atomic mass is 32.1. The Morgan fingerprint density at radius 2 is 1.94 bits per heavy atom. The van der Waals surface area contributed by atoms with Crippen LogP contribution in [-0.4, -0.2) is 16.8 Å². The molecule has 0 aliphatic heterocycles. The zero-order chi connectivity index (χ0) is 13.0. The summed E-state index contributed by atoms with van der Waals surface area (Å²) in [4.78, 5) is 26.6. The Hall–Kier alpha value is -2.21. The molecule has 2 amide bonds. The number of carbonyl (C=O) groups excluding carboxylic acids is 2. The maximum absolute atomic E-state index is 11.8. The smallest absolute Gasteiger partial charge is 0.275 e. The number of thiazole rings is 1. The summed E-state index contributed by atoms with van der Waals surface area (Å²) in [7, 11) is 0. The molecule has 2 aromatic rings. The Morgan fingerprint density at radius 1 is 1.22 bits per heavy atom. The molecule has 0 atom stereocenters. The first-order valence-corrected chi connectivity index (χ1v) is 6.16. The van der Waals surface area contributed by atoms with Crippen molar-refractivity contribution < 1.29 is 9.59 Å². The molecule has 0 aliphatic carbocycles. The molecule has 0 fully saturated rings. The summed E-state index contributed by atoms with van der Waals surface area (Å²) < 4.78 is 0. The van der Waals surface area contributed by atoms with Gasteiger partial charge < -0.3 is 10.6 Å². The first-order chi connectivity index (χ1) is 8.65. The van der Waals surface area contributed by atoms with Crippen LogP contribution in [0.1, 0.15) is 17.4 Å². The lowest BCUT2D eigenvalue weighted by molar-refractivity contribution is -0.114. The second kappa shape index (κ2) is 5.42. The van der Waals surface area contributed by atoms with E-state index in [4.69, 9.17) is 0 Å². The Kier molecular flexibility index (Phi) is 3.69. The fourth-order valence-corrected chi connectivity index (χ4v) is 1.93. The Labute approximate surface area is 108 Å². The van der Waals surface area contributed by atoms with E-state index in [2.05, 4.69) is 15.6 Å². The fourth-order valence-electron chi connectivity index (χ4n) is 1.40. The van der Waals surface area contributed by atoms with Crippen LogP contribution in [0.5, 0.6) is 0 Å². The molecule has 0 saturated carbocycles. The minimum absolute atomic E-state index is 0.155. The van der Waals surface area contributed by atoms with Crippen LogP contribution in [0.2, 0.25) is 0 Å². The molecule has 1 aromatic carbocycles. The zero-order valence-corrected chi connectivity index (χ0v) is 10.5. The monoisotopic (exact) mass is 261 g/mol. The van der Waals surface area contributed by atoms with E-state index >= 15 is 0 Å². The molecule has 1 aromatic heterocycles. The van der Waals surface area contributed by atoms with Crippen molar-refractivity contribution in [2.75, 3.05) is 10.6 Å². The minimum Gasteiger partial charge on any atom is -0.326 e. The summed E-state index contributed by atoms with van der Waals surface area (Å²) in [6.07, 6.45) is 0. The first-order valence-electron chi connectivity index (χ1n) is 5.22. The third-order valence-electron chi connectivity index (χ3n) is 2.11. The highest BCUT2D eigenvalue weighted by Gasteiger charge is 2.08. The van der Waals surface area contributed by atoms with Gasteiger partial charge in [0.1, 0.15) is 5.69 Å². The van der Waals surface area contributed by atoms with E-state index in [1.54, 1.807) is 35.2 Å². The summed E-state index contributed by atoms with van der Waals surface area (Å²) in [6.45, 7) is 1.43. The van der Waals surface area contributed by atoms with Crippen molar-refractivity contribution in [3.8, 4) is 0 Å². The lowest BCUT2D eigenvalue weighted by Crippen LogP contribution is -2.12. The van der Waals surface area contributed by atoms with Gasteiger partial charge in [0.15, 0.2) is 0 Å². The summed E-state index contributed by atoms with van der Waals surface area (Å²) >= 11 is 1.36. The van der Waals surface area contributed by atoms with Gasteiger partial charge in [-0.1, -0.05) is 6.07 Å². The van der Waals surface area contributed by atoms with Crippen LogP contribution >= 0.6 is 11.3 Å². The van der Waals surface area contributed by atoms with Crippen LogP contribution in [0.4, 0.5) is 11.4 Å². The van der Waals surface area contributed by atoms with Gasteiger partial charge in [-0.3, -0.25) is 9.59 Å². The second-order valence-corrected chi connectivity index (χ2v) is 4.31. The highest BCUT2D eigenvalue weighted by molar-refractivity contribution is 7.07. The van der Waals surface area contributed by atoms with Crippen LogP contribution in [0.25, 0.3) is 0 Å². The summed E-state index contributed by atoms with van der Waals surface area (Å²) in [5.74, 6) is -0.422. The number of hydrogen-bond acceptors (Lipinski definition) is 4. The topological polar surface area (TPSA) is 71.1 Å². The van der Waals surface area contributed by atoms with Crippen LogP contribution in [0.3, 0.4) is 0 Å². The van der Waals surface area contributed by atoms with E-state index in [-0.39, 0.29) is 11.8 Å². The standard InChI is InChI=1S/C12H11N3O2S/c1-8(16)14-9-3-2-4-10(5-9)15-12(17)11-6-18-7-13-11/h2-7H,1H3,(H,14,16)(H,15,17). The molecule has 0 saturated heterocycles. The van der Waals surface area contributed by atoms with Gasteiger partial charge in [0.05, 0.1) is 5.51 Å². The zero-order valence-electron chi connectivity index (χ0n) is 9.64. The number of benzene rings is 1. The molecule has 0 aliphatic rings. The maximum Gasteiger partial charge on any atom is 0.275 e. The predicted molar refractivity (Wildman–Crippen MR) is 70.8 cm³/mol. The molecular formula is C12H11N3O2S. The number of aromatic nitrogens is 1. The van der Waals surface area contributed by atoms with E-state index < -0.39 is 0 Å². The van der Waals surface area contributed by atoms with Crippen molar-refractivity contribution in [1.29, 1.82) is 0 Å². The van der Waals surface area contributed by atoms with Crippen LogP contribution in [0, 0.1) is 0 Å². The lowest BCUT2D eigenvalue weighted by atomic mass is 10.2. The SMILES string of the molecule is CC(=O)Nc1cccc(NC(=O)c2cscn2)c1. The van der Waals surface area contributed by atoms with Crippen molar-refractivity contribution >= 4 is 34.5 Å². The molecule has 18 heavy (non-hydrogen) atoms. The third-order valence-corrected chi connectivity index (χ3v) is 2.69. The molecule has 0 radical (unpaired) electrons. The number of amides is 2. The molecule has 6 heteroatoms. The van der Waals surface area contributed by atoms with Gasteiger partial charge >= 0.3 is 0 Å². The van der Waals surface area contributed by atoms with Gasteiger partial charge in [0, 0.05) is 23.7 Å².